The molecule has 0 unspecified atom stereocenters. The zero-order valence-electron chi connectivity index (χ0n) is 17.5. The Kier molecular flexibility index (Phi) is 6.16. The number of nitrogens with one attached hydrogen (secondary N) is 2. The van der Waals surface area contributed by atoms with Crippen LogP contribution >= 0.6 is 0 Å². The Labute approximate surface area is 185 Å². The number of nitrogens with zero attached hydrogens (tertiary/aromatic N) is 1. The number of piperidine rings is 1. The van der Waals surface area contributed by atoms with E-state index in [0.717, 1.165) is 0 Å². The molecule has 10 heteroatoms. The summed E-state index contributed by atoms with van der Waals surface area (Å²) in [5, 5.41) is 5.38. The molecule has 0 bridgehead atoms. The summed E-state index contributed by atoms with van der Waals surface area (Å²) in [7, 11) is -3.80. The van der Waals surface area contributed by atoms with E-state index in [9.17, 15) is 22.4 Å². The lowest BCUT2D eigenvalue weighted by Gasteiger charge is -2.31. The molecule has 2 amide bonds. The van der Waals surface area contributed by atoms with Crippen molar-refractivity contribution in [2.24, 2.45) is 5.92 Å². The molecule has 0 radical (unpaired) electrons. The predicted octanol–water partition coefficient (Wildman–Crippen LogP) is 2.97. The van der Waals surface area contributed by atoms with Crippen LogP contribution in [-0.2, 0) is 19.6 Å². The third-order valence-electron chi connectivity index (χ3n) is 5.70. The predicted molar refractivity (Wildman–Crippen MR) is 116 cm³/mol. The lowest BCUT2D eigenvalue weighted by atomic mass is 9.97. The van der Waals surface area contributed by atoms with E-state index in [-0.39, 0.29) is 35.7 Å². The molecule has 2 heterocycles. The minimum atomic E-state index is -3.80. The molecule has 2 aromatic carbocycles. The van der Waals surface area contributed by atoms with Crippen LogP contribution in [0.5, 0.6) is 5.75 Å². The highest BCUT2D eigenvalue weighted by Gasteiger charge is 2.33. The standard InChI is InChI=1S/C22H24FN3O5S/c1-2-19-22(28)25-18-13-17(6-7-20(18)31-19)32(29,30)26-10-8-14(9-11-26)21(27)24-16-5-3-4-15(23)12-16/h3-7,12-14,19H,2,8-11H2,1H3,(H,24,27)(H,25,28)/t19-/m1/s1. The Morgan fingerprint density at radius 1 is 1.22 bits per heavy atom. The molecule has 2 aliphatic heterocycles. The first kappa shape index (κ1) is 22.2. The van der Waals surface area contributed by atoms with Crippen molar-refractivity contribution in [3.05, 3.63) is 48.3 Å². The van der Waals surface area contributed by atoms with Gasteiger partial charge >= 0.3 is 0 Å². The van der Waals surface area contributed by atoms with E-state index >= 15 is 0 Å². The van der Waals surface area contributed by atoms with Crippen LogP contribution in [0.25, 0.3) is 0 Å². The molecule has 0 aromatic heterocycles. The number of rotatable bonds is 5. The number of hydrogen-bond acceptors (Lipinski definition) is 5. The number of hydrogen-bond donors (Lipinski definition) is 2. The van der Waals surface area contributed by atoms with Crippen molar-refractivity contribution in [2.75, 3.05) is 23.7 Å². The number of sulfonamides is 1. The second kappa shape index (κ2) is 8.87. The molecule has 0 saturated carbocycles. The first-order chi connectivity index (χ1) is 15.3. The fourth-order valence-electron chi connectivity index (χ4n) is 3.88. The summed E-state index contributed by atoms with van der Waals surface area (Å²) in [6, 6.07) is 10.0. The van der Waals surface area contributed by atoms with E-state index in [1.165, 1.54) is 34.6 Å². The molecule has 2 aromatic rings. The zero-order chi connectivity index (χ0) is 22.9. The highest BCUT2D eigenvalue weighted by Crippen LogP contribution is 2.34. The number of carbonyl (C=O) groups is 2. The number of benzene rings is 2. The van der Waals surface area contributed by atoms with Crippen LogP contribution in [0, 0.1) is 11.7 Å². The highest BCUT2D eigenvalue weighted by atomic mass is 32.2. The molecular weight excluding hydrogens is 437 g/mol. The average Bonchev–Trinajstić information content (AvgIpc) is 2.78. The molecule has 32 heavy (non-hydrogen) atoms. The molecule has 0 aliphatic carbocycles. The van der Waals surface area contributed by atoms with Crippen LogP contribution in [0.1, 0.15) is 26.2 Å². The van der Waals surface area contributed by atoms with Gasteiger partial charge in [0.25, 0.3) is 5.91 Å². The maximum absolute atomic E-state index is 13.3. The molecule has 8 nitrogen and oxygen atoms in total. The maximum Gasteiger partial charge on any atom is 0.265 e. The van der Waals surface area contributed by atoms with Crippen molar-refractivity contribution in [1.29, 1.82) is 0 Å². The number of fused-ring (bicyclic) bond motifs is 1. The molecular formula is C22H24FN3O5S. The minimum absolute atomic E-state index is 0.0535. The van der Waals surface area contributed by atoms with Gasteiger partial charge in [0.2, 0.25) is 15.9 Å². The van der Waals surface area contributed by atoms with Gasteiger partial charge in [-0.2, -0.15) is 4.31 Å². The van der Waals surface area contributed by atoms with Gasteiger partial charge in [0, 0.05) is 24.7 Å². The van der Waals surface area contributed by atoms with E-state index in [1.54, 1.807) is 12.1 Å². The first-order valence-electron chi connectivity index (χ1n) is 10.5. The normalized spacial score (nSPS) is 19.6. The number of carbonyl (C=O) groups excluding carboxylic acids is 2. The Morgan fingerprint density at radius 3 is 2.66 bits per heavy atom. The second-order valence-corrected chi connectivity index (χ2v) is 9.78. The Balaban J connectivity index is 1.41. The molecule has 170 valence electrons. The van der Waals surface area contributed by atoms with E-state index < -0.39 is 21.9 Å². The van der Waals surface area contributed by atoms with Crippen LogP contribution in [0.2, 0.25) is 0 Å². The minimum Gasteiger partial charge on any atom is -0.478 e. The highest BCUT2D eigenvalue weighted by molar-refractivity contribution is 7.89. The summed E-state index contributed by atoms with van der Waals surface area (Å²) in [6.07, 6.45) is 0.613. The van der Waals surface area contributed by atoms with E-state index in [1.807, 2.05) is 6.92 Å². The van der Waals surface area contributed by atoms with Crippen molar-refractivity contribution in [3.63, 3.8) is 0 Å². The molecule has 1 saturated heterocycles. The second-order valence-electron chi connectivity index (χ2n) is 7.84. The molecule has 0 spiro atoms. The molecule has 1 fully saturated rings. The van der Waals surface area contributed by atoms with Crippen molar-refractivity contribution in [2.45, 2.75) is 37.2 Å². The van der Waals surface area contributed by atoms with E-state index in [0.29, 0.717) is 36.4 Å². The van der Waals surface area contributed by atoms with Crippen LogP contribution in [0.3, 0.4) is 0 Å². The van der Waals surface area contributed by atoms with Crippen molar-refractivity contribution in [3.8, 4) is 5.75 Å². The van der Waals surface area contributed by atoms with Gasteiger partial charge in [0.15, 0.2) is 6.10 Å². The van der Waals surface area contributed by atoms with Gasteiger partial charge in [-0.15, -0.1) is 0 Å². The number of anilines is 2. The Hall–Kier alpha value is -2.98. The smallest absolute Gasteiger partial charge is 0.265 e. The van der Waals surface area contributed by atoms with Crippen molar-refractivity contribution in [1.82, 2.24) is 4.31 Å². The van der Waals surface area contributed by atoms with Gasteiger partial charge in [0.05, 0.1) is 10.6 Å². The first-order valence-corrected chi connectivity index (χ1v) is 11.9. The van der Waals surface area contributed by atoms with Gasteiger partial charge in [-0.1, -0.05) is 13.0 Å². The Morgan fingerprint density at radius 2 is 1.97 bits per heavy atom. The summed E-state index contributed by atoms with van der Waals surface area (Å²) >= 11 is 0. The van der Waals surface area contributed by atoms with Crippen molar-refractivity contribution < 1.29 is 27.1 Å². The molecule has 2 aliphatic rings. The average molecular weight is 462 g/mol. The lowest BCUT2D eigenvalue weighted by Crippen LogP contribution is -2.41. The SMILES string of the molecule is CC[C@H]1Oc2ccc(S(=O)(=O)N3CCC(C(=O)Nc4cccc(F)c4)CC3)cc2NC1=O. The fraction of sp³-hybridized carbons (Fsp3) is 0.364. The largest absolute Gasteiger partial charge is 0.478 e. The third-order valence-corrected chi connectivity index (χ3v) is 7.59. The van der Waals surface area contributed by atoms with Gasteiger partial charge in [-0.3, -0.25) is 9.59 Å². The van der Waals surface area contributed by atoms with Crippen LogP contribution in [0.4, 0.5) is 15.8 Å². The van der Waals surface area contributed by atoms with Crippen molar-refractivity contribution >= 4 is 33.2 Å². The number of amides is 2. The lowest BCUT2D eigenvalue weighted by molar-refractivity contribution is -0.123. The number of halogens is 1. The molecule has 4 rings (SSSR count). The quantitative estimate of drug-likeness (QED) is 0.712. The Bertz CT molecular complexity index is 1150. The summed E-state index contributed by atoms with van der Waals surface area (Å²) in [5.74, 6) is -0.943. The summed E-state index contributed by atoms with van der Waals surface area (Å²) < 4.78 is 46.5. The van der Waals surface area contributed by atoms with Gasteiger partial charge < -0.3 is 15.4 Å². The maximum atomic E-state index is 13.3. The van der Waals surface area contributed by atoms with Gasteiger partial charge in [-0.25, -0.2) is 12.8 Å². The molecule has 1 atom stereocenters. The molecule has 2 N–H and O–H groups in total. The number of ether oxygens (including phenoxy) is 1. The summed E-state index contributed by atoms with van der Waals surface area (Å²) in [4.78, 5) is 24.6. The third kappa shape index (κ3) is 4.46. The zero-order valence-corrected chi connectivity index (χ0v) is 18.3. The van der Waals surface area contributed by atoms with Crippen LogP contribution < -0.4 is 15.4 Å². The monoisotopic (exact) mass is 461 g/mol. The van der Waals surface area contributed by atoms with E-state index in [2.05, 4.69) is 10.6 Å². The van der Waals surface area contributed by atoms with Crippen LogP contribution in [0.15, 0.2) is 47.4 Å². The topological polar surface area (TPSA) is 105 Å². The summed E-state index contributed by atoms with van der Waals surface area (Å²) in [6.45, 7) is 2.19. The fourth-order valence-corrected chi connectivity index (χ4v) is 5.37. The summed E-state index contributed by atoms with van der Waals surface area (Å²) in [5.41, 5.74) is 0.693. The van der Waals surface area contributed by atoms with Gasteiger partial charge in [0.1, 0.15) is 11.6 Å². The van der Waals surface area contributed by atoms with E-state index in [4.69, 9.17) is 4.74 Å². The van der Waals surface area contributed by atoms with Gasteiger partial charge in [-0.05, 0) is 55.7 Å². The van der Waals surface area contributed by atoms with Crippen LogP contribution in [-0.4, -0.2) is 43.7 Å².